The number of hydrogen-bond donors (Lipinski definition) is 1. The van der Waals surface area contributed by atoms with Gasteiger partial charge >= 0.3 is 0 Å². The minimum Gasteiger partial charge on any atom is -0.308 e. The van der Waals surface area contributed by atoms with Crippen LogP contribution in [0.15, 0.2) is 0 Å². The van der Waals surface area contributed by atoms with Gasteiger partial charge in [0.05, 0.1) is 11.2 Å². The van der Waals surface area contributed by atoms with E-state index < -0.39 is 0 Å². The lowest BCUT2D eigenvalue weighted by Gasteiger charge is -2.32. The molecule has 1 fully saturated rings. The normalized spacial score (nSPS) is 28.4. The Morgan fingerprint density at radius 1 is 1.20 bits per heavy atom. The molecule has 0 aliphatic heterocycles. The molecule has 1 aromatic heterocycles. The van der Waals surface area contributed by atoms with Gasteiger partial charge in [-0.2, -0.15) is 0 Å². The van der Waals surface area contributed by atoms with Gasteiger partial charge in [0, 0.05) is 4.88 Å². The monoisotopic (exact) mass is 294 g/mol. The first kappa shape index (κ1) is 16.0. The first-order chi connectivity index (χ1) is 9.28. The van der Waals surface area contributed by atoms with E-state index in [-0.39, 0.29) is 5.54 Å². The van der Waals surface area contributed by atoms with E-state index in [1.807, 2.05) is 11.3 Å². The SMILES string of the molecule is CNC1(c2nc(C)c(C)s2)CCCC(C(C)(C)C)CC1. The number of hydrogen-bond acceptors (Lipinski definition) is 3. The molecule has 1 aliphatic carbocycles. The predicted molar refractivity (Wildman–Crippen MR) is 88.4 cm³/mol. The molecule has 0 spiro atoms. The highest BCUT2D eigenvalue weighted by Gasteiger charge is 2.38. The van der Waals surface area contributed by atoms with Gasteiger partial charge < -0.3 is 5.32 Å². The summed E-state index contributed by atoms with van der Waals surface area (Å²) in [5.74, 6) is 0.833. The molecule has 1 aliphatic rings. The van der Waals surface area contributed by atoms with E-state index in [9.17, 15) is 0 Å². The van der Waals surface area contributed by atoms with Crippen LogP contribution in [0.1, 0.15) is 68.5 Å². The fourth-order valence-corrected chi connectivity index (χ4v) is 4.62. The molecule has 0 amide bonds. The molecule has 0 bridgehead atoms. The molecule has 1 N–H and O–H groups in total. The lowest BCUT2D eigenvalue weighted by Crippen LogP contribution is -2.39. The molecule has 1 heterocycles. The summed E-state index contributed by atoms with van der Waals surface area (Å²) in [6, 6.07) is 0. The van der Waals surface area contributed by atoms with Crippen molar-refractivity contribution in [3.05, 3.63) is 15.6 Å². The van der Waals surface area contributed by atoms with Gasteiger partial charge in [-0.3, -0.25) is 0 Å². The molecule has 1 saturated carbocycles. The van der Waals surface area contributed by atoms with Gasteiger partial charge in [-0.05, 0) is 57.9 Å². The maximum absolute atomic E-state index is 4.86. The molecule has 2 atom stereocenters. The van der Waals surface area contributed by atoms with Crippen molar-refractivity contribution in [1.29, 1.82) is 0 Å². The van der Waals surface area contributed by atoms with Crippen molar-refractivity contribution in [2.45, 2.75) is 72.3 Å². The summed E-state index contributed by atoms with van der Waals surface area (Å²) in [5, 5.41) is 4.94. The quantitative estimate of drug-likeness (QED) is 0.792. The number of aromatic nitrogens is 1. The van der Waals surface area contributed by atoms with Crippen LogP contribution in [0.25, 0.3) is 0 Å². The third kappa shape index (κ3) is 3.09. The summed E-state index contributed by atoms with van der Waals surface area (Å²) in [6.45, 7) is 11.5. The number of nitrogens with one attached hydrogen (secondary N) is 1. The summed E-state index contributed by atoms with van der Waals surface area (Å²) in [7, 11) is 2.11. The van der Waals surface area contributed by atoms with Crippen molar-refractivity contribution in [2.75, 3.05) is 7.05 Å². The molecule has 0 aromatic carbocycles. The van der Waals surface area contributed by atoms with Gasteiger partial charge in [0.2, 0.25) is 0 Å². The van der Waals surface area contributed by atoms with Crippen LogP contribution >= 0.6 is 11.3 Å². The Balaban J connectivity index is 2.24. The highest BCUT2D eigenvalue weighted by Crippen LogP contribution is 2.44. The Labute approximate surface area is 128 Å². The average Bonchev–Trinajstić information content (AvgIpc) is 2.62. The van der Waals surface area contributed by atoms with Gasteiger partial charge in [0.15, 0.2) is 0 Å². The lowest BCUT2D eigenvalue weighted by atomic mass is 9.76. The Bertz CT molecular complexity index is 439. The standard InChI is InChI=1S/C17H30N2S/c1-12-13(2)20-15(19-12)17(18-6)10-7-8-14(9-11-17)16(3,4)5/h14,18H,7-11H2,1-6H3. The second-order valence-corrected chi connectivity index (χ2v) is 8.69. The molecule has 3 heteroatoms. The van der Waals surface area contributed by atoms with Crippen LogP contribution in [0.4, 0.5) is 0 Å². The number of thiazole rings is 1. The van der Waals surface area contributed by atoms with Gasteiger partial charge in [-0.1, -0.05) is 27.2 Å². The van der Waals surface area contributed by atoms with Crippen molar-refractivity contribution in [2.24, 2.45) is 11.3 Å². The minimum atomic E-state index is 0.115. The Hall–Kier alpha value is -0.410. The molecule has 2 unspecified atom stereocenters. The fourth-order valence-electron chi connectivity index (χ4n) is 3.45. The van der Waals surface area contributed by atoms with Crippen molar-refractivity contribution >= 4 is 11.3 Å². The molecule has 114 valence electrons. The van der Waals surface area contributed by atoms with Crippen molar-refractivity contribution in [3.63, 3.8) is 0 Å². The second kappa shape index (κ2) is 5.76. The Morgan fingerprint density at radius 3 is 2.40 bits per heavy atom. The highest BCUT2D eigenvalue weighted by molar-refractivity contribution is 7.11. The van der Waals surface area contributed by atoms with Crippen LogP contribution in [0.5, 0.6) is 0 Å². The molecule has 20 heavy (non-hydrogen) atoms. The maximum atomic E-state index is 4.86. The topological polar surface area (TPSA) is 24.9 Å². The maximum Gasteiger partial charge on any atom is 0.113 e. The van der Waals surface area contributed by atoms with Gasteiger partial charge in [-0.25, -0.2) is 4.98 Å². The van der Waals surface area contributed by atoms with E-state index >= 15 is 0 Å². The third-order valence-electron chi connectivity index (χ3n) is 5.22. The van der Waals surface area contributed by atoms with E-state index in [2.05, 4.69) is 47.0 Å². The van der Waals surface area contributed by atoms with Crippen LogP contribution in [0.3, 0.4) is 0 Å². The van der Waals surface area contributed by atoms with Crippen LogP contribution in [-0.4, -0.2) is 12.0 Å². The minimum absolute atomic E-state index is 0.115. The largest absolute Gasteiger partial charge is 0.308 e. The zero-order chi connectivity index (χ0) is 15.0. The van der Waals surface area contributed by atoms with Crippen molar-refractivity contribution in [1.82, 2.24) is 10.3 Å². The molecular weight excluding hydrogens is 264 g/mol. The Morgan fingerprint density at radius 2 is 1.90 bits per heavy atom. The number of nitrogens with zero attached hydrogens (tertiary/aromatic N) is 1. The molecule has 2 nitrogen and oxygen atoms in total. The number of rotatable bonds is 2. The predicted octanol–water partition coefficient (Wildman–Crippen LogP) is 4.80. The summed E-state index contributed by atoms with van der Waals surface area (Å²) in [4.78, 5) is 6.23. The smallest absolute Gasteiger partial charge is 0.113 e. The first-order valence-corrected chi connectivity index (χ1v) is 8.73. The van der Waals surface area contributed by atoms with Gasteiger partial charge in [0.1, 0.15) is 5.01 Å². The van der Waals surface area contributed by atoms with Crippen molar-refractivity contribution < 1.29 is 0 Å². The Kier molecular flexibility index (Phi) is 4.60. The third-order valence-corrected chi connectivity index (χ3v) is 6.49. The van der Waals surface area contributed by atoms with Crippen LogP contribution < -0.4 is 5.32 Å². The molecule has 0 radical (unpaired) electrons. The lowest BCUT2D eigenvalue weighted by molar-refractivity contribution is 0.207. The van der Waals surface area contributed by atoms with Gasteiger partial charge in [-0.15, -0.1) is 11.3 Å². The van der Waals surface area contributed by atoms with E-state index in [1.54, 1.807) is 0 Å². The zero-order valence-electron chi connectivity index (χ0n) is 14.0. The molecule has 1 aromatic rings. The average molecular weight is 295 g/mol. The van der Waals surface area contributed by atoms with Gasteiger partial charge in [0.25, 0.3) is 0 Å². The first-order valence-electron chi connectivity index (χ1n) is 7.92. The fraction of sp³-hybridized carbons (Fsp3) is 0.824. The van der Waals surface area contributed by atoms with E-state index in [0.717, 1.165) is 5.92 Å². The van der Waals surface area contributed by atoms with E-state index in [4.69, 9.17) is 4.98 Å². The molecule has 2 rings (SSSR count). The highest BCUT2D eigenvalue weighted by atomic mass is 32.1. The van der Waals surface area contributed by atoms with Crippen LogP contribution in [-0.2, 0) is 5.54 Å². The summed E-state index contributed by atoms with van der Waals surface area (Å²) in [6.07, 6.45) is 6.42. The van der Waals surface area contributed by atoms with Crippen LogP contribution in [0, 0.1) is 25.2 Å². The summed E-state index contributed by atoms with van der Waals surface area (Å²) < 4.78 is 0. The van der Waals surface area contributed by atoms with Crippen molar-refractivity contribution in [3.8, 4) is 0 Å². The van der Waals surface area contributed by atoms with E-state index in [1.165, 1.54) is 47.7 Å². The molecule has 0 saturated heterocycles. The van der Waals surface area contributed by atoms with E-state index in [0.29, 0.717) is 5.41 Å². The molecular formula is C17H30N2S. The summed E-state index contributed by atoms with van der Waals surface area (Å²) in [5.41, 5.74) is 1.75. The van der Waals surface area contributed by atoms with Crippen LogP contribution in [0.2, 0.25) is 0 Å². The summed E-state index contributed by atoms with van der Waals surface area (Å²) >= 11 is 1.89. The second-order valence-electron chi connectivity index (χ2n) is 7.49. The number of aryl methyl sites for hydroxylation is 2. The zero-order valence-corrected chi connectivity index (χ0v) is 14.8.